The Balaban J connectivity index is 1.99. The summed E-state index contributed by atoms with van der Waals surface area (Å²) in [7, 11) is 0. The molecule has 0 amide bonds. The number of ketones is 1. The van der Waals surface area contributed by atoms with Gasteiger partial charge in [-0.05, 0) is 35.2 Å². The van der Waals surface area contributed by atoms with Crippen molar-refractivity contribution >= 4 is 22.9 Å². The quantitative estimate of drug-likeness (QED) is 0.753. The fourth-order valence-corrected chi connectivity index (χ4v) is 3.82. The summed E-state index contributed by atoms with van der Waals surface area (Å²) in [5.74, 6) is 0.608. The van der Waals surface area contributed by atoms with Crippen LogP contribution in [0, 0.1) is 0 Å². The number of thiophene rings is 1. The van der Waals surface area contributed by atoms with Gasteiger partial charge in [-0.25, -0.2) is 0 Å². The van der Waals surface area contributed by atoms with Crippen LogP contribution in [0.1, 0.15) is 36.3 Å². The molecule has 0 radical (unpaired) electrons. The number of Topliss-reactive ketones (excluding diaryl/α,β-unsaturated/α-hetero) is 1. The molecule has 0 spiro atoms. The highest BCUT2D eigenvalue weighted by Crippen LogP contribution is 2.43. The maximum absolute atomic E-state index is 12.4. The van der Waals surface area contributed by atoms with Gasteiger partial charge in [0, 0.05) is 23.6 Å². The summed E-state index contributed by atoms with van der Waals surface area (Å²) >= 11 is 1.58. The lowest BCUT2D eigenvalue weighted by molar-refractivity contribution is -0.116. The average Bonchev–Trinajstić information content (AvgIpc) is 3.08. The fourth-order valence-electron chi connectivity index (χ4n) is 3.14. The van der Waals surface area contributed by atoms with E-state index in [1.165, 1.54) is 0 Å². The summed E-state index contributed by atoms with van der Waals surface area (Å²) in [6.45, 7) is 0. The van der Waals surface area contributed by atoms with Crippen LogP contribution in [0.15, 0.2) is 32.9 Å². The van der Waals surface area contributed by atoms with Crippen molar-refractivity contribution in [3.63, 3.8) is 0 Å². The van der Waals surface area contributed by atoms with Crippen LogP contribution in [0.25, 0.3) is 0 Å². The van der Waals surface area contributed by atoms with Crippen molar-refractivity contribution in [3.05, 3.63) is 49.6 Å². The van der Waals surface area contributed by atoms with Crippen molar-refractivity contribution in [2.24, 2.45) is 0 Å². The molecule has 20 heavy (non-hydrogen) atoms. The third-order valence-electron chi connectivity index (χ3n) is 4.00. The predicted molar refractivity (Wildman–Crippen MR) is 77.1 cm³/mol. The minimum absolute atomic E-state index is 0.154. The van der Waals surface area contributed by atoms with Crippen molar-refractivity contribution in [2.75, 3.05) is 5.32 Å². The third-order valence-corrected chi connectivity index (χ3v) is 4.70. The molecule has 2 aliphatic rings. The normalized spacial score (nSPS) is 21.4. The Kier molecular flexibility index (Phi) is 2.47. The van der Waals surface area contributed by atoms with Crippen molar-refractivity contribution in [2.45, 2.75) is 25.2 Å². The van der Waals surface area contributed by atoms with Gasteiger partial charge in [-0.1, -0.05) is 0 Å². The number of hydrogen-bond acceptors (Lipinski definition) is 4. The molecular weight excluding hydrogens is 274 g/mol. The average molecular weight is 287 g/mol. The summed E-state index contributed by atoms with van der Waals surface area (Å²) in [5, 5.41) is 12.7. The highest BCUT2D eigenvalue weighted by atomic mass is 32.1. The maximum Gasteiger partial charge on any atom is 0.270 e. The van der Waals surface area contributed by atoms with Crippen molar-refractivity contribution < 1.29 is 4.79 Å². The molecule has 5 nitrogen and oxygen atoms in total. The highest BCUT2D eigenvalue weighted by Gasteiger charge is 2.37. The number of aromatic amines is 2. The van der Waals surface area contributed by atoms with Gasteiger partial charge in [0.1, 0.15) is 5.82 Å². The zero-order valence-corrected chi connectivity index (χ0v) is 11.5. The minimum atomic E-state index is -0.240. The molecule has 0 saturated carbocycles. The van der Waals surface area contributed by atoms with Gasteiger partial charge in [0.25, 0.3) is 5.56 Å². The van der Waals surface area contributed by atoms with Crippen LogP contribution in [0.3, 0.4) is 0 Å². The molecule has 2 aromatic heterocycles. The van der Waals surface area contributed by atoms with E-state index in [9.17, 15) is 9.59 Å². The number of carbonyl (C=O) groups is 1. The van der Waals surface area contributed by atoms with Gasteiger partial charge in [0.15, 0.2) is 5.78 Å². The molecule has 0 bridgehead atoms. The minimum Gasteiger partial charge on any atom is -0.343 e. The summed E-state index contributed by atoms with van der Waals surface area (Å²) in [4.78, 5) is 24.5. The van der Waals surface area contributed by atoms with Gasteiger partial charge >= 0.3 is 0 Å². The predicted octanol–water partition coefficient (Wildman–Crippen LogP) is 2.33. The van der Waals surface area contributed by atoms with E-state index >= 15 is 0 Å². The number of allylic oxidation sites excluding steroid dienone is 2. The molecule has 1 aliphatic carbocycles. The SMILES string of the molecule is O=C1CCCC2=C1[C@@H](c1ccsc1)c1c([nH][nH]c1=O)N2. The lowest BCUT2D eigenvalue weighted by atomic mass is 9.77. The maximum atomic E-state index is 12.4. The monoisotopic (exact) mass is 287 g/mol. The number of aromatic nitrogens is 2. The fraction of sp³-hybridized carbons (Fsp3) is 0.286. The number of carbonyl (C=O) groups excluding carboxylic acids is 1. The Bertz CT molecular complexity index is 767. The molecule has 102 valence electrons. The third kappa shape index (κ3) is 1.54. The highest BCUT2D eigenvalue weighted by molar-refractivity contribution is 7.08. The van der Waals surface area contributed by atoms with Gasteiger partial charge in [0.2, 0.25) is 0 Å². The molecule has 0 aromatic carbocycles. The Morgan fingerprint density at radius 1 is 1.20 bits per heavy atom. The van der Waals surface area contributed by atoms with Crippen LogP contribution < -0.4 is 10.9 Å². The largest absolute Gasteiger partial charge is 0.343 e. The van der Waals surface area contributed by atoms with Crippen LogP contribution in [-0.2, 0) is 4.79 Å². The second-order valence-electron chi connectivity index (χ2n) is 5.15. The summed E-state index contributed by atoms with van der Waals surface area (Å²) in [6, 6.07) is 1.99. The van der Waals surface area contributed by atoms with Crippen LogP contribution in [0.5, 0.6) is 0 Å². The number of nitrogens with one attached hydrogen (secondary N) is 3. The molecule has 0 fully saturated rings. The smallest absolute Gasteiger partial charge is 0.270 e. The zero-order chi connectivity index (χ0) is 13.7. The molecule has 4 rings (SSSR count). The molecule has 6 heteroatoms. The van der Waals surface area contributed by atoms with E-state index in [1.54, 1.807) is 11.3 Å². The Hall–Kier alpha value is -2.08. The number of anilines is 1. The van der Waals surface area contributed by atoms with Crippen LogP contribution in [-0.4, -0.2) is 16.0 Å². The van der Waals surface area contributed by atoms with Crippen LogP contribution in [0.2, 0.25) is 0 Å². The molecule has 0 saturated heterocycles. The lowest BCUT2D eigenvalue weighted by Gasteiger charge is -2.30. The van der Waals surface area contributed by atoms with Crippen LogP contribution >= 0.6 is 11.3 Å². The molecule has 2 aromatic rings. The Morgan fingerprint density at radius 3 is 2.90 bits per heavy atom. The van der Waals surface area contributed by atoms with E-state index in [4.69, 9.17) is 0 Å². The molecule has 1 aliphatic heterocycles. The number of H-pyrrole nitrogens is 2. The van der Waals surface area contributed by atoms with Crippen molar-refractivity contribution in [1.29, 1.82) is 0 Å². The Morgan fingerprint density at radius 2 is 2.10 bits per heavy atom. The first-order valence-corrected chi connectivity index (χ1v) is 7.56. The molecule has 3 N–H and O–H groups in total. The molecule has 0 unspecified atom stereocenters. The number of fused-ring (bicyclic) bond motifs is 1. The van der Waals surface area contributed by atoms with Crippen LogP contribution in [0.4, 0.5) is 5.82 Å². The van der Waals surface area contributed by atoms with E-state index in [0.717, 1.165) is 29.7 Å². The summed E-state index contributed by atoms with van der Waals surface area (Å²) < 4.78 is 0. The van der Waals surface area contributed by atoms with E-state index < -0.39 is 0 Å². The first-order chi connectivity index (χ1) is 9.75. The standard InChI is InChI=1S/C14H13N3O2S/c18-9-3-1-2-8-11(9)10(7-4-5-20-6-7)12-13(15-8)16-17-14(12)19/h4-6,10H,1-3H2,(H3,15,16,17,19)/t10-/m1/s1. The number of hydrogen-bond donors (Lipinski definition) is 3. The van der Waals surface area contributed by atoms with Gasteiger partial charge in [-0.15, -0.1) is 0 Å². The van der Waals surface area contributed by atoms with E-state index in [0.29, 0.717) is 17.8 Å². The summed E-state index contributed by atoms with van der Waals surface area (Å²) in [5.41, 5.74) is 3.21. The van der Waals surface area contributed by atoms with E-state index in [2.05, 4.69) is 15.5 Å². The molecule has 3 heterocycles. The molecular formula is C14H13N3O2S. The lowest BCUT2D eigenvalue weighted by Crippen LogP contribution is -2.28. The first-order valence-electron chi connectivity index (χ1n) is 6.61. The summed E-state index contributed by atoms with van der Waals surface area (Å²) in [6.07, 6.45) is 2.29. The molecule has 1 atom stereocenters. The van der Waals surface area contributed by atoms with E-state index in [-0.39, 0.29) is 17.3 Å². The van der Waals surface area contributed by atoms with Crippen molar-refractivity contribution in [3.8, 4) is 0 Å². The van der Waals surface area contributed by atoms with Gasteiger partial charge in [0.05, 0.1) is 5.56 Å². The number of rotatable bonds is 1. The van der Waals surface area contributed by atoms with E-state index in [1.807, 2.05) is 16.8 Å². The second kappa shape index (κ2) is 4.21. The van der Waals surface area contributed by atoms with Crippen molar-refractivity contribution in [1.82, 2.24) is 10.2 Å². The topological polar surface area (TPSA) is 77.8 Å². The van der Waals surface area contributed by atoms with Gasteiger partial charge < -0.3 is 5.32 Å². The van der Waals surface area contributed by atoms with Gasteiger partial charge in [-0.2, -0.15) is 11.3 Å². The zero-order valence-electron chi connectivity index (χ0n) is 10.7. The second-order valence-corrected chi connectivity index (χ2v) is 5.93. The first kappa shape index (κ1) is 11.7. The van der Waals surface area contributed by atoms with Gasteiger partial charge in [-0.3, -0.25) is 19.8 Å². The Labute approximate surface area is 118 Å².